The van der Waals surface area contributed by atoms with Crippen molar-refractivity contribution in [1.29, 1.82) is 0 Å². The van der Waals surface area contributed by atoms with Crippen molar-refractivity contribution >= 4 is 17.5 Å². The van der Waals surface area contributed by atoms with Gasteiger partial charge < -0.3 is 15.1 Å². The van der Waals surface area contributed by atoms with E-state index < -0.39 is 0 Å². The maximum Gasteiger partial charge on any atom is 0.224 e. The fourth-order valence-corrected chi connectivity index (χ4v) is 2.94. The lowest BCUT2D eigenvalue weighted by Gasteiger charge is -2.23. The van der Waals surface area contributed by atoms with Gasteiger partial charge in [0.1, 0.15) is 5.82 Å². The van der Waals surface area contributed by atoms with E-state index in [1.54, 1.807) is 0 Å². The molecule has 0 amide bonds. The highest BCUT2D eigenvalue weighted by atomic mass is 15.3. The summed E-state index contributed by atoms with van der Waals surface area (Å²) in [4.78, 5) is 13.8. The molecule has 1 aromatic carbocycles. The second-order valence-electron chi connectivity index (χ2n) is 5.94. The van der Waals surface area contributed by atoms with Crippen molar-refractivity contribution in [2.45, 2.75) is 26.8 Å². The van der Waals surface area contributed by atoms with Gasteiger partial charge in [0, 0.05) is 50.7 Å². The number of benzene rings is 1. The molecule has 23 heavy (non-hydrogen) atoms. The minimum Gasteiger partial charge on any atom is -0.365 e. The maximum absolute atomic E-state index is 4.68. The fraction of sp³-hybridized carbons (Fsp3) is 0.444. The van der Waals surface area contributed by atoms with Crippen molar-refractivity contribution in [1.82, 2.24) is 9.97 Å². The van der Waals surface area contributed by atoms with Gasteiger partial charge in [-0.3, -0.25) is 0 Å². The predicted molar refractivity (Wildman–Crippen MR) is 96.3 cm³/mol. The lowest BCUT2D eigenvalue weighted by molar-refractivity contribution is 0.796. The molecule has 1 aromatic heterocycles. The second-order valence-corrected chi connectivity index (χ2v) is 5.94. The molecular weight excluding hydrogens is 286 g/mol. The molecule has 1 aliphatic rings. The van der Waals surface area contributed by atoms with Gasteiger partial charge in [-0.05, 0) is 31.0 Å². The Morgan fingerprint density at radius 1 is 1.22 bits per heavy atom. The van der Waals surface area contributed by atoms with Crippen LogP contribution in [-0.2, 0) is 13.0 Å². The van der Waals surface area contributed by atoms with Crippen LogP contribution in [0.25, 0.3) is 0 Å². The third-order valence-electron chi connectivity index (χ3n) is 4.29. The molecule has 0 unspecified atom stereocenters. The average Bonchev–Trinajstić information content (AvgIpc) is 2.75. The monoisotopic (exact) mass is 311 g/mol. The molecule has 1 aliphatic heterocycles. The topological polar surface area (TPSA) is 44.3 Å². The second kappa shape index (κ2) is 6.86. The van der Waals surface area contributed by atoms with Crippen molar-refractivity contribution in [3.8, 4) is 0 Å². The molecule has 5 nitrogen and oxygen atoms in total. The van der Waals surface area contributed by atoms with Crippen LogP contribution in [0.1, 0.15) is 25.0 Å². The van der Waals surface area contributed by atoms with E-state index in [1.807, 2.05) is 6.20 Å². The highest BCUT2D eigenvalue weighted by Crippen LogP contribution is 2.26. The Morgan fingerprint density at radius 3 is 2.87 bits per heavy atom. The molecule has 122 valence electrons. The molecule has 0 spiro atoms. The molecular formula is C18H25N5. The number of anilines is 3. The van der Waals surface area contributed by atoms with Gasteiger partial charge in [0.2, 0.25) is 5.95 Å². The zero-order valence-electron chi connectivity index (χ0n) is 14.2. The largest absolute Gasteiger partial charge is 0.365 e. The zero-order chi connectivity index (χ0) is 16.2. The van der Waals surface area contributed by atoms with Crippen LogP contribution in [0.5, 0.6) is 0 Å². The van der Waals surface area contributed by atoms with Crippen LogP contribution in [-0.4, -0.2) is 36.6 Å². The van der Waals surface area contributed by atoms with Gasteiger partial charge in [0.15, 0.2) is 0 Å². The van der Waals surface area contributed by atoms with Gasteiger partial charge in [0.05, 0.1) is 0 Å². The highest BCUT2D eigenvalue weighted by molar-refractivity contribution is 5.56. The van der Waals surface area contributed by atoms with E-state index in [9.17, 15) is 0 Å². The summed E-state index contributed by atoms with van der Waals surface area (Å²) in [5, 5.41) is 3.19. The summed E-state index contributed by atoms with van der Waals surface area (Å²) in [7, 11) is 2.10. The van der Waals surface area contributed by atoms with E-state index in [0.717, 1.165) is 38.4 Å². The van der Waals surface area contributed by atoms with E-state index in [0.29, 0.717) is 5.95 Å². The molecule has 0 saturated carbocycles. The van der Waals surface area contributed by atoms with Crippen LogP contribution in [0.15, 0.2) is 30.5 Å². The number of nitrogens with one attached hydrogen (secondary N) is 1. The van der Waals surface area contributed by atoms with Crippen molar-refractivity contribution in [2.75, 3.05) is 41.8 Å². The summed E-state index contributed by atoms with van der Waals surface area (Å²) in [6.45, 7) is 7.86. The maximum atomic E-state index is 4.68. The van der Waals surface area contributed by atoms with E-state index in [4.69, 9.17) is 0 Å². The van der Waals surface area contributed by atoms with Gasteiger partial charge in [-0.1, -0.05) is 19.1 Å². The summed E-state index contributed by atoms with van der Waals surface area (Å²) >= 11 is 0. The highest BCUT2D eigenvalue weighted by Gasteiger charge is 2.20. The first-order valence-corrected chi connectivity index (χ1v) is 8.36. The number of aromatic nitrogens is 2. The number of fused-ring (bicyclic) bond motifs is 1. The van der Waals surface area contributed by atoms with Gasteiger partial charge in [-0.15, -0.1) is 0 Å². The first-order valence-electron chi connectivity index (χ1n) is 8.36. The van der Waals surface area contributed by atoms with Crippen molar-refractivity contribution < 1.29 is 0 Å². The van der Waals surface area contributed by atoms with Gasteiger partial charge in [-0.25, -0.2) is 4.98 Å². The lowest BCUT2D eigenvalue weighted by Crippen LogP contribution is -2.29. The fourth-order valence-electron chi connectivity index (χ4n) is 2.94. The summed E-state index contributed by atoms with van der Waals surface area (Å²) in [5.74, 6) is 1.74. The minimum atomic E-state index is 0.708. The molecule has 0 bridgehead atoms. The molecule has 0 atom stereocenters. The minimum absolute atomic E-state index is 0.708. The Bertz CT molecular complexity index is 670. The molecule has 0 radical (unpaired) electrons. The van der Waals surface area contributed by atoms with E-state index in [1.165, 1.54) is 16.8 Å². The quantitative estimate of drug-likeness (QED) is 0.940. The number of rotatable bonds is 4. The summed E-state index contributed by atoms with van der Waals surface area (Å²) in [5.41, 5.74) is 3.83. The smallest absolute Gasteiger partial charge is 0.224 e. The van der Waals surface area contributed by atoms with E-state index in [2.05, 4.69) is 70.2 Å². The molecule has 0 fully saturated rings. The van der Waals surface area contributed by atoms with Crippen LogP contribution in [0.2, 0.25) is 0 Å². The van der Waals surface area contributed by atoms with Crippen molar-refractivity contribution in [3.05, 3.63) is 41.6 Å². The molecule has 0 aliphatic carbocycles. The van der Waals surface area contributed by atoms with Crippen molar-refractivity contribution in [2.24, 2.45) is 0 Å². The Kier molecular flexibility index (Phi) is 4.65. The molecule has 2 aromatic rings. The van der Waals surface area contributed by atoms with Crippen molar-refractivity contribution in [3.63, 3.8) is 0 Å². The standard InChI is InChI=1S/C18H25N5/c1-4-14-7-6-8-16(11-14)23-10-9-22(3)17-15(13-23)12-20-18(21-17)19-5-2/h6-8,11-12H,4-5,9-10,13H2,1-3H3,(H,19,20,21). The molecule has 5 heteroatoms. The Morgan fingerprint density at radius 2 is 2.09 bits per heavy atom. The summed E-state index contributed by atoms with van der Waals surface area (Å²) in [6.07, 6.45) is 3.02. The number of likely N-dealkylation sites (N-methyl/N-ethyl adjacent to an activating group) is 1. The average molecular weight is 311 g/mol. The summed E-state index contributed by atoms with van der Waals surface area (Å²) in [6, 6.07) is 8.82. The number of hydrogen-bond acceptors (Lipinski definition) is 5. The Balaban J connectivity index is 1.90. The van der Waals surface area contributed by atoms with E-state index >= 15 is 0 Å². The number of nitrogens with zero attached hydrogens (tertiary/aromatic N) is 4. The first kappa shape index (κ1) is 15.6. The third kappa shape index (κ3) is 3.38. The number of hydrogen-bond donors (Lipinski definition) is 1. The SMILES string of the molecule is CCNc1ncc2c(n1)N(C)CCN(c1cccc(CC)c1)C2. The first-order chi connectivity index (χ1) is 11.2. The third-order valence-corrected chi connectivity index (χ3v) is 4.29. The van der Waals surface area contributed by atoms with Crippen LogP contribution < -0.4 is 15.1 Å². The van der Waals surface area contributed by atoms with Crippen LogP contribution >= 0.6 is 0 Å². The normalized spacial score (nSPS) is 14.4. The molecule has 2 heterocycles. The molecule has 3 rings (SSSR count). The van der Waals surface area contributed by atoms with Gasteiger partial charge in [0.25, 0.3) is 0 Å². The van der Waals surface area contributed by atoms with Crippen LogP contribution in [0.3, 0.4) is 0 Å². The Labute approximate surface area is 138 Å². The predicted octanol–water partition coefficient (Wildman–Crippen LogP) is 2.93. The summed E-state index contributed by atoms with van der Waals surface area (Å²) < 4.78 is 0. The molecule has 1 N–H and O–H groups in total. The zero-order valence-corrected chi connectivity index (χ0v) is 14.2. The van der Waals surface area contributed by atoms with Crippen LogP contribution in [0.4, 0.5) is 17.5 Å². The molecule has 0 saturated heterocycles. The van der Waals surface area contributed by atoms with Gasteiger partial charge >= 0.3 is 0 Å². The number of aryl methyl sites for hydroxylation is 1. The Hall–Kier alpha value is -2.30. The van der Waals surface area contributed by atoms with Gasteiger partial charge in [-0.2, -0.15) is 4.98 Å². The lowest BCUT2D eigenvalue weighted by atomic mass is 10.1. The van der Waals surface area contributed by atoms with Crippen LogP contribution in [0, 0.1) is 0 Å². The van der Waals surface area contributed by atoms with E-state index in [-0.39, 0.29) is 0 Å².